The molecule has 0 aromatic heterocycles. The SMILES string of the molecule is CCNC(=NCCO)NCCc1ccc(F)cc1C. The summed E-state index contributed by atoms with van der Waals surface area (Å²) < 4.78 is 13.0. The maximum Gasteiger partial charge on any atom is 0.191 e. The van der Waals surface area contributed by atoms with Crippen molar-refractivity contribution in [1.29, 1.82) is 0 Å². The molecule has 0 radical (unpaired) electrons. The molecule has 1 aromatic rings. The average Bonchev–Trinajstić information content (AvgIpc) is 2.38. The molecular formula is C14H22FN3O. The zero-order valence-corrected chi connectivity index (χ0v) is 11.5. The fourth-order valence-electron chi connectivity index (χ4n) is 1.76. The van der Waals surface area contributed by atoms with Gasteiger partial charge in [-0.3, -0.25) is 4.99 Å². The monoisotopic (exact) mass is 267 g/mol. The molecule has 0 aliphatic carbocycles. The number of nitrogens with one attached hydrogen (secondary N) is 2. The summed E-state index contributed by atoms with van der Waals surface area (Å²) in [7, 11) is 0. The van der Waals surface area contributed by atoms with Crippen LogP contribution in [0.2, 0.25) is 0 Å². The Bertz CT molecular complexity index is 421. The molecule has 0 aliphatic heterocycles. The molecule has 5 heteroatoms. The van der Waals surface area contributed by atoms with E-state index < -0.39 is 0 Å². The Labute approximate surface area is 113 Å². The topological polar surface area (TPSA) is 56.7 Å². The lowest BCUT2D eigenvalue weighted by Crippen LogP contribution is -2.38. The number of benzene rings is 1. The molecule has 1 rings (SSSR count). The third-order valence-corrected chi connectivity index (χ3v) is 2.71. The van der Waals surface area contributed by atoms with Crippen molar-refractivity contribution in [2.45, 2.75) is 20.3 Å². The van der Waals surface area contributed by atoms with Crippen molar-refractivity contribution in [2.75, 3.05) is 26.2 Å². The molecule has 0 bridgehead atoms. The fourth-order valence-corrected chi connectivity index (χ4v) is 1.76. The summed E-state index contributed by atoms with van der Waals surface area (Å²) in [4.78, 5) is 4.18. The summed E-state index contributed by atoms with van der Waals surface area (Å²) >= 11 is 0. The van der Waals surface area contributed by atoms with Gasteiger partial charge in [0.1, 0.15) is 5.82 Å². The standard InChI is InChI=1S/C14H22FN3O/c1-3-16-14(18-8-9-19)17-7-6-12-4-5-13(15)10-11(12)2/h4-5,10,19H,3,6-9H2,1-2H3,(H2,16,17,18). The van der Waals surface area contributed by atoms with Crippen molar-refractivity contribution >= 4 is 5.96 Å². The highest BCUT2D eigenvalue weighted by Gasteiger charge is 2.01. The van der Waals surface area contributed by atoms with Crippen LogP contribution in [0, 0.1) is 12.7 Å². The maximum absolute atomic E-state index is 13.0. The van der Waals surface area contributed by atoms with Crippen LogP contribution in [-0.2, 0) is 6.42 Å². The zero-order valence-electron chi connectivity index (χ0n) is 11.5. The average molecular weight is 267 g/mol. The van der Waals surface area contributed by atoms with Crippen LogP contribution in [-0.4, -0.2) is 37.3 Å². The molecule has 0 saturated heterocycles. The number of aliphatic imine (C=N–C) groups is 1. The van der Waals surface area contributed by atoms with Crippen molar-refractivity contribution in [1.82, 2.24) is 10.6 Å². The van der Waals surface area contributed by atoms with Crippen molar-refractivity contribution in [3.05, 3.63) is 35.1 Å². The van der Waals surface area contributed by atoms with Gasteiger partial charge in [-0.2, -0.15) is 0 Å². The number of rotatable bonds is 6. The van der Waals surface area contributed by atoms with E-state index in [2.05, 4.69) is 15.6 Å². The minimum atomic E-state index is -0.202. The summed E-state index contributed by atoms with van der Waals surface area (Å²) in [6.07, 6.45) is 0.801. The van der Waals surface area contributed by atoms with E-state index in [1.807, 2.05) is 19.9 Å². The van der Waals surface area contributed by atoms with Gasteiger partial charge in [0.05, 0.1) is 13.2 Å². The molecule has 0 atom stereocenters. The first-order valence-electron chi connectivity index (χ1n) is 6.55. The van der Waals surface area contributed by atoms with E-state index in [9.17, 15) is 4.39 Å². The lowest BCUT2D eigenvalue weighted by molar-refractivity contribution is 0.306. The second-order valence-electron chi connectivity index (χ2n) is 4.23. The molecule has 0 fully saturated rings. The van der Waals surface area contributed by atoms with Crippen molar-refractivity contribution in [2.24, 2.45) is 4.99 Å². The summed E-state index contributed by atoms with van der Waals surface area (Å²) in [6.45, 7) is 5.79. The Morgan fingerprint density at radius 2 is 2.16 bits per heavy atom. The van der Waals surface area contributed by atoms with Crippen LogP contribution in [0.5, 0.6) is 0 Å². The molecule has 0 amide bonds. The summed E-state index contributed by atoms with van der Waals surface area (Å²) in [5.74, 6) is 0.489. The normalized spacial score (nSPS) is 11.5. The molecule has 3 N–H and O–H groups in total. The molecule has 19 heavy (non-hydrogen) atoms. The van der Waals surface area contributed by atoms with E-state index in [0.717, 1.165) is 24.1 Å². The van der Waals surface area contributed by atoms with Gasteiger partial charge in [-0.1, -0.05) is 6.07 Å². The number of aryl methyl sites for hydroxylation is 1. The van der Waals surface area contributed by atoms with Gasteiger partial charge >= 0.3 is 0 Å². The van der Waals surface area contributed by atoms with Gasteiger partial charge in [0.15, 0.2) is 5.96 Å². The first-order chi connectivity index (χ1) is 9.17. The van der Waals surface area contributed by atoms with E-state index in [1.54, 1.807) is 6.07 Å². The molecule has 0 spiro atoms. The van der Waals surface area contributed by atoms with Gasteiger partial charge in [-0.15, -0.1) is 0 Å². The quantitative estimate of drug-likeness (QED) is 0.536. The predicted octanol–water partition coefficient (Wildman–Crippen LogP) is 1.22. The molecule has 1 aromatic carbocycles. The molecular weight excluding hydrogens is 245 g/mol. The first-order valence-corrected chi connectivity index (χ1v) is 6.55. The third kappa shape index (κ3) is 5.70. The largest absolute Gasteiger partial charge is 0.394 e. The minimum Gasteiger partial charge on any atom is -0.394 e. The lowest BCUT2D eigenvalue weighted by Gasteiger charge is -2.12. The summed E-state index contributed by atoms with van der Waals surface area (Å²) in [6, 6.07) is 4.83. The number of hydrogen-bond donors (Lipinski definition) is 3. The number of halogens is 1. The Morgan fingerprint density at radius 1 is 1.37 bits per heavy atom. The number of nitrogens with zero attached hydrogens (tertiary/aromatic N) is 1. The summed E-state index contributed by atoms with van der Waals surface area (Å²) in [5, 5.41) is 15.0. The number of guanidine groups is 1. The van der Waals surface area contributed by atoms with Gasteiger partial charge in [0.2, 0.25) is 0 Å². The smallest absolute Gasteiger partial charge is 0.191 e. The van der Waals surface area contributed by atoms with Gasteiger partial charge < -0.3 is 15.7 Å². The highest BCUT2D eigenvalue weighted by atomic mass is 19.1. The van der Waals surface area contributed by atoms with E-state index in [0.29, 0.717) is 19.0 Å². The van der Waals surface area contributed by atoms with Crippen LogP contribution < -0.4 is 10.6 Å². The Morgan fingerprint density at radius 3 is 2.79 bits per heavy atom. The molecule has 0 saturated carbocycles. The van der Waals surface area contributed by atoms with Gasteiger partial charge in [-0.05, 0) is 43.5 Å². The number of aliphatic hydroxyl groups is 1. The Kier molecular flexibility index (Phi) is 6.89. The van der Waals surface area contributed by atoms with Crippen LogP contribution in [0.3, 0.4) is 0 Å². The van der Waals surface area contributed by atoms with Crippen LogP contribution in [0.4, 0.5) is 4.39 Å². The van der Waals surface area contributed by atoms with Gasteiger partial charge in [0, 0.05) is 13.1 Å². The molecule has 0 heterocycles. The van der Waals surface area contributed by atoms with Gasteiger partial charge in [0.25, 0.3) is 0 Å². The fraction of sp³-hybridized carbons (Fsp3) is 0.500. The minimum absolute atomic E-state index is 0.0354. The van der Waals surface area contributed by atoms with Crippen LogP contribution in [0.15, 0.2) is 23.2 Å². The van der Waals surface area contributed by atoms with Crippen molar-refractivity contribution in [3.8, 4) is 0 Å². The second-order valence-corrected chi connectivity index (χ2v) is 4.23. The van der Waals surface area contributed by atoms with Gasteiger partial charge in [-0.25, -0.2) is 4.39 Å². The van der Waals surface area contributed by atoms with E-state index >= 15 is 0 Å². The molecule has 106 valence electrons. The maximum atomic E-state index is 13.0. The lowest BCUT2D eigenvalue weighted by atomic mass is 10.1. The highest BCUT2D eigenvalue weighted by molar-refractivity contribution is 5.79. The molecule has 4 nitrogen and oxygen atoms in total. The van der Waals surface area contributed by atoms with Crippen molar-refractivity contribution in [3.63, 3.8) is 0 Å². The van der Waals surface area contributed by atoms with Crippen molar-refractivity contribution < 1.29 is 9.50 Å². The number of hydrogen-bond acceptors (Lipinski definition) is 2. The van der Waals surface area contributed by atoms with Crippen LogP contribution >= 0.6 is 0 Å². The molecule has 0 unspecified atom stereocenters. The van der Waals surface area contributed by atoms with Crippen LogP contribution in [0.1, 0.15) is 18.1 Å². The zero-order chi connectivity index (χ0) is 14.1. The van der Waals surface area contributed by atoms with Crippen LogP contribution in [0.25, 0.3) is 0 Å². The Balaban J connectivity index is 2.47. The summed E-state index contributed by atoms with van der Waals surface area (Å²) in [5.41, 5.74) is 2.08. The predicted molar refractivity (Wildman–Crippen MR) is 75.9 cm³/mol. The van der Waals surface area contributed by atoms with E-state index in [4.69, 9.17) is 5.11 Å². The highest BCUT2D eigenvalue weighted by Crippen LogP contribution is 2.10. The Hall–Kier alpha value is -1.62. The molecule has 0 aliphatic rings. The van der Waals surface area contributed by atoms with E-state index in [1.165, 1.54) is 6.07 Å². The van der Waals surface area contributed by atoms with E-state index in [-0.39, 0.29) is 12.4 Å². The third-order valence-electron chi connectivity index (χ3n) is 2.71. The second kappa shape index (κ2) is 8.48. The first kappa shape index (κ1) is 15.4. The number of aliphatic hydroxyl groups excluding tert-OH is 1.